The Bertz CT molecular complexity index is 867. The van der Waals surface area contributed by atoms with E-state index in [2.05, 4.69) is 20.2 Å². The fraction of sp³-hybridized carbons (Fsp3) is 0.450. The molecule has 8 heteroatoms. The van der Waals surface area contributed by atoms with Gasteiger partial charge in [0.1, 0.15) is 11.6 Å². The molecule has 3 N–H and O–H groups in total. The molecule has 0 spiro atoms. The van der Waals surface area contributed by atoms with Gasteiger partial charge in [-0.15, -0.1) is 0 Å². The third kappa shape index (κ3) is 3.79. The molecule has 2 saturated heterocycles. The Balaban J connectivity index is 1.46. The predicted molar refractivity (Wildman–Crippen MR) is 105 cm³/mol. The van der Waals surface area contributed by atoms with Crippen molar-refractivity contribution in [3.05, 3.63) is 36.0 Å². The molecule has 0 radical (unpaired) electrons. The van der Waals surface area contributed by atoms with E-state index in [0.29, 0.717) is 50.5 Å². The quantitative estimate of drug-likeness (QED) is 0.711. The van der Waals surface area contributed by atoms with Gasteiger partial charge in [0.2, 0.25) is 5.91 Å². The number of rotatable bonds is 3. The van der Waals surface area contributed by atoms with Gasteiger partial charge in [-0.05, 0) is 25.5 Å². The second-order valence-corrected chi connectivity index (χ2v) is 7.37. The topological polar surface area (TPSA) is 102 Å². The molecule has 3 heterocycles. The number of piperazine rings is 1. The number of hydrogen-bond donors (Lipinski definition) is 3. The highest BCUT2D eigenvalue weighted by Gasteiger charge is 2.33. The molecule has 2 aliphatic rings. The summed E-state index contributed by atoms with van der Waals surface area (Å²) in [6.45, 7) is 4.97. The number of aryl methyl sites for hydroxylation is 1. The number of nitrogens with one attached hydrogen (secondary N) is 1. The lowest BCUT2D eigenvalue weighted by atomic mass is 10.1. The highest BCUT2D eigenvalue weighted by Crippen LogP contribution is 2.28. The average molecular weight is 383 g/mol. The largest absolute Gasteiger partial charge is 0.507 e. The summed E-state index contributed by atoms with van der Waals surface area (Å²) < 4.78 is 0. The zero-order chi connectivity index (χ0) is 19.7. The second-order valence-electron chi connectivity index (χ2n) is 7.37. The van der Waals surface area contributed by atoms with Crippen molar-refractivity contribution in [2.45, 2.75) is 25.5 Å². The Kier molecular flexibility index (Phi) is 5.15. The number of carbonyl (C=O) groups is 1. The monoisotopic (exact) mass is 383 g/mol. The lowest BCUT2D eigenvalue weighted by Crippen LogP contribution is -2.53. The van der Waals surface area contributed by atoms with Crippen molar-refractivity contribution >= 4 is 11.7 Å². The highest BCUT2D eigenvalue weighted by atomic mass is 16.3. The van der Waals surface area contributed by atoms with Crippen molar-refractivity contribution < 1.29 is 15.0 Å². The first-order valence-corrected chi connectivity index (χ1v) is 9.60. The highest BCUT2D eigenvalue weighted by molar-refractivity contribution is 5.82. The van der Waals surface area contributed by atoms with Gasteiger partial charge in [-0.3, -0.25) is 4.79 Å². The Morgan fingerprint density at radius 3 is 2.61 bits per heavy atom. The van der Waals surface area contributed by atoms with E-state index in [1.165, 1.54) is 0 Å². The minimum Gasteiger partial charge on any atom is -0.507 e. The minimum atomic E-state index is -0.438. The minimum absolute atomic E-state index is 0.0602. The summed E-state index contributed by atoms with van der Waals surface area (Å²) in [6.07, 6.45) is 0.0423. The van der Waals surface area contributed by atoms with Crippen LogP contribution in [0.5, 0.6) is 5.75 Å². The van der Waals surface area contributed by atoms with Crippen molar-refractivity contribution in [2.75, 3.05) is 37.6 Å². The van der Waals surface area contributed by atoms with Gasteiger partial charge in [0.05, 0.1) is 17.7 Å². The molecule has 1 aromatic heterocycles. The maximum atomic E-state index is 12.6. The zero-order valence-corrected chi connectivity index (χ0v) is 15.9. The summed E-state index contributed by atoms with van der Waals surface area (Å²) >= 11 is 0. The molecular formula is C20H25N5O3. The number of phenols is 1. The standard InChI is InChI=1S/C20H25N5O3/c1-13-10-18(23-19(22-13)15-4-2-3-5-17(15)27)24-6-8-25(9-7-24)20(28)16-11-14(26)12-21-16/h2-5,10,14,16,21,26-27H,6-9,11-12H2,1H3/t14-,16+/m1/s1. The van der Waals surface area contributed by atoms with Crippen LogP contribution in [0.15, 0.2) is 30.3 Å². The zero-order valence-electron chi connectivity index (χ0n) is 15.9. The molecule has 2 atom stereocenters. The van der Waals surface area contributed by atoms with E-state index in [1.54, 1.807) is 18.2 Å². The number of phenolic OH excluding ortho intramolecular Hbond substituents is 1. The van der Waals surface area contributed by atoms with Crippen LogP contribution in [0.1, 0.15) is 12.1 Å². The number of amides is 1. The summed E-state index contributed by atoms with van der Waals surface area (Å²) in [5.74, 6) is 1.51. The molecule has 0 saturated carbocycles. The Hall–Kier alpha value is -2.71. The fourth-order valence-corrected chi connectivity index (χ4v) is 3.78. The molecule has 0 aliphatic carbocycles. The van der Waals surface area contributed by atoms with Crippen LogP contribution < -0.4 is 10.2 Å². The molecule has 0 unspecified atom stereocenters. The van der Waals surface area contributed by atoms with Crippen LogP contribution in [0.25, 0.3) is 11.4 Å². The van der Waals surface area contributed by atoms with Crippen LogP contribution in [0, 0.1) is 6.92 Å². The molecule has 28 heavy (non-hydrogen) atoms. The van der Waals surface area contributed by atoms with Crippen LogP contribution in [0.4, 0.5) is 5.82 Å². The fourth-order valence-electron chi connectivity index (χ4n) is 3.78. The smallest absolute Gasteiger partial charge is 0.239 e. The number of anilines is 1. The molecule has 2 fully saturated rings. The van der Waals surface area contributed by atoms with Crippen molar-refractivity contribution in [2.24, 2.45) is 0 Å². The number of nitrogens with zero attached hydrogens (tertiary/aromatic N) is 4. The van der Waals surface area contributed by atoms with Gasteiger partial charge in [0, 0.05) is 44.5 Å². The molecular weight excluding hydrogens is 358 g/mol. The van der Waals surface area contributed by atoms with Gasteiger partial charge in [0.25, 0.3) is 0 Å². The van der Waals surface area contributed by atoms with Gasteiger partial charge < -0.3 is 25.3 Å². The molecule has 1 amide bonds. The van der Waals surface area contributed by atoms with Gasteiger partial charge in [0.15, 0.2) is 5.82 Å². The maximum absolute atomic E-state index is 12.6. The SMILES string of the molecule is Cc1cc(N2CCN(C(=O)[C@@H]3C[C@@H](O)CN3)CC2)nc(-c2ccccc2O)n1. The van der Waals surface area contributed by atoms with Gasteiger partial charge in [-0.1, -0.05) is 12.1 Å². The Labute approximate surface area is 163 Å². The molecule has 1 aromatic carbocycles. The first-order valence-electron chi connectivity index (χ1n) is 9.60. The van der Waals surface area contributed by atoms with Crippen molar-refractivity contribution in [3.8, 4) is 17.1 Å². The third-order valence-electron chi connectivity index (χ3n) is 5.31. The van der Waals surface area contributed by atoms with Gasteiger partial charge in [-0.25, -0.2) is 9.97 Å². The van der Waals surface area contributed by atoms with Crippen LogP contribution in [0.2, 0.25) is 0 Å². The summed E-state index contributed by atoms with van der Waals surface area (Å²) in [6, 6.07) is 8.68. The van der Waals surface area contributed by atoms with Crippen molar-refractivity contribution in [1.82, 2.24) is 20.2 Å². The molecule has 0 bridgehead atoms. The first kappa shape index (κ1) is 18.6. The van der Waals surface area contributed by atoms with E-state index in [9.17, 15) is 15.0 Å². The van der Waals surface area contributed by atoms with Crippen LogP contribution in [0.3, 0.4) is 0 Å². The number of aliphatic hydroxyl groups excluding tert-OH is 1. The molecule has 2 aliphatic heterocycles. The number of para-hydroxylation sites is 1. The normalized spacial score (nSPS) is 22.5. The maximum Gasteiger partial charge on any atom is 0.239 e. The van der Waals surface area contributed by atoms with E-state index in [0.717, 1.165) is 11.5 Å². The lowest BCUT2D eigenvalue weighted by molar-refractivity contribution is -0.133. The molecule has 8 nitrogen and oxygen atoms in total. The Morgan fingerprint density at radius 2 is 1.93 bits per heavy atom. The summed E-state index contributed by atoms with van der Waals surface area (Å²) in [5, 5.41) is 22.8. The second kappa shape index (κ2) is 7.73. The van der Waals surface area contributed by atoms with E-state index in [1.807, 2.05) is 24.0 Å². The lowest BCUT2D eigenvalue weighted by Gasteiger charge is -2.36. The summed E-state index contributed by atoms with van der Waals surface area (Å²) in [7, 11) is 0. The van der Waals surface area contributed by atoms with E-state index in [4.69, 9.17) is 0 Å². The average Bonchev–Trinajstić information content (AvgIpc) is 3.14. The van der Waals surface area contributed by atoms with Gasteiger partial charge in [-0.2, -0.15) is 0 Å². The first-order chi connectivity index (χ1) is 13.5. The van der Waals surface area contributed by atoms with Gasteiger partial charge >= 0.3 is 0 Å². The van der Waals surface area contributed by atoms with Crippen LogP contribution in [-0.4, -0.2) is 75.9 Å². The summed E-state index contributed by atoms with van der Waals surface area (Å²) in [5.41, 5.74) is 1.43. The number of aromatic hydroxyl groups is 1. The summed E-state index contributed by atoms with van der Waals surface area (Å²) in [4.78, 5) is 25.7. The van der Waals surface area contributed by atoms with Crippen LogP contribution >= 0.6 is 0 Å². The number of hydrogen-bond acceptors (Lipinski definition) is 7. The van der Waals surface area contributed by atoms with E-state index >= 15 is 0 Å². The third-order valence-corrected chi connectivity index (χ3v) is 5.31. The molecule has 2 aromatic rings. The number of β-amino-alcohol motifs (C(OH)–C–C–N with tert-alkyl or cyclic N) is 1. The number of aromatic nitrogens is 2. The number of aliphatic hydroxyl groups is 1. The number of benzene rings is 1. The molecule has 148 valence electrons. The van der Waals surface area contributed by atoms with Crippen molar-refractivity contribution in [1.29, 1.82) is 0 Å². The van der Waals surface area contributed by atoms with Crippen molar-refractivity contribution in [3.63, 3.8) is 0 Å². The number of carbonyl (C=O) groups excluding carboxylic acids is 1. The van der Waals surface area contributed by atoms with Crippen LogP contribution in [-0.2, 0) is 4.79 Å². The van der Waals surface area contributed by atoms with E-state index < -0.39 is 6.10 Å². The van der Waals surface area contributed by atoms with E-state index in [-0.39, 0.29) is 17.7 Å². The predicted octanol–water partition coefficient (Wildman–Crippen LogP) is 0.529. The Morgan fingerprint density at radius 1 is 1.18 bits per heavy atom. The molecule has 4 rings (SSSR count).